The quantitative estimate of drug-likeness (QED) is 0.660. The van der Waals surface area contributed by atoms with Crippen molar-refractivity contribution < 1.29 is 0 Å². The first-order chi connectivity index (χ1) is 7.08. The number of nitrogens with zero attached hydrogens (tertiary/aromatic N) is 1. The van der Waals surface area contributed by atoms with Crippen LogP contribution < -0.4 is 0 Å². The van der Waals surface area contributed by atoms with Gasteiger partial charge in [0.1, 0.15) is 5.15 Å². The summed E-state index contributed by atoms with van der Waals surface area (Å²) in [6, 6.07) is 7.67. The number of halogens is 2. The van der Waals surface area contributed by atoms with Crippen molar-refractivity contribution in [3.8, 4) is 0 Å². The largest absolute Gasteiger partial charge is 0.236 e. The predicted molar refractivity (Wildman–Crippen MR) is 65.9 cm³/mol. The third-order valence-electron chi connectivity index (χ3n) is 2.38. The molecule has 0 N–H and O–H groups in total. The molecule has 1 heterocycles. The molecule has 0 radical (unpaired) electrons. The van der Waals surface area contributed by atoms with E-state index in [1.807, 2.05) is 18.2 Å². The molecule has 78 valence electrons. The minimum Gasteiger partial charge on any atom is -0.236 e. The Balaban J connectivity index is 2.72. The molecule has 0 saturated heterocycles. The first-order valence-corrected chi connectivity index (χ1v) is 5.59. The molecule has 0 aliphatic carbocycles. The first-order valence-electron chi connectivity index (χ1n) is 4.83. The van der Waals surface area contributed by atoms with Crippen molar-refractivity contribution in [1.29, 1.82) is 0 Å². The smallest absolute Gasteiger partial charge is 0.133 e. The Morgan fingerprint density at radius 3 is 2.53 bits per heavy atom. The second kappa shape index (κ2) is 3.99. The van der Waals surface area contributed by atoms with Gasteiger partial charge in [0.2, 0.25) is 0 Å². The van der Waals surface area contributed by atoms with Gasteiger partial charge >= 0.3 is 0 Å². The highest BCUT2D eigenvalue weighted by molar-refractivity contribution is 6.32. The van der Waals surface area contributed by atoms with E-state index in [1.165, 1.54) is 0 Å². The number of aromatic nitrogens is 1. The molecule has 2 aromatic rings. The van der Waals surface area contributed by atoms with Gasteiger partial charge < -0.3 is 0 Å². The number of rotatable bonds is 1. The van der Waals surface area contributed by atoms with E-state index in [2.05, 4.69) is 24.9 Å². The Bertz CT molecular complexity index is 506. The van der Waals surface area contributed by atoms with Crippen molar-refractivity contribution in [3.63, 3.8) is 0 Å². The van der Waals surface area contributed by atoms with Gasteiger partial charge in [-0.15, -0.1) is 0 Å². The van der Waals surface area contributed by atoms with Crippen LogP contribution in [0.3, 0.4) is 0 Å². The second-order valence-electron chi connectivity index (χ2n) is 3.86. The molecule has 0 bridgehead atoms. The van der Waals surface area contributed by atoms with Crippen LogP contribution in [0, 0.1) is 0 Å². The first kappa shape index (κ1) is 10.7. The molecule has 1 aromatic carbocycles. The lowest BCUT2D eigenvalue weighted by Crippen LogP contribution is -1.92. The fourth-order valence-electron chi connectivity index (χ4n) is 1.55. The summed E-state index contributed by atoms with van der Waals surface area (Å²) in [5, 5.41) is 2.34. The van der Waals surface area contributed by atoms with Crippen LogP contribution in [0.2, 0.25) is 10.2 Å². The summed E-state index contributed by atoms with van der Waals surface area (Å²) in [4.78, 5) is 4.34. The molecule has 0 aliphatic rings. The predicted octanol–water partition coefficient (Wildman–Crippen LogP) is 4.67. The lowest BCUT2D eigenvalue weighted by atomic mass is 10.0. The second-order valence-corrected chi connectivity index (χ2v) is 4.65. The van der Waals surface area contributed by atoms with Crippen molar-refractivity contribution in [3.05, 3.63) is 40.0 Å². The fourth-order valence-corrected chi connectivity index (χ4v) is 2.09. The molecule has 3 heteroatoms. The zero-order valence-electron chi connectivity index (χ0n) is 8.59. The van der Waals surface area contributed by atoms with Gasteiger partial charge in [0.05, 0.1) is 5.52 Å². The van der Waals surface area contributed by atoms with E-state index in [-0.39, 0.29) is 0 Å². The number of hydrogen-bond donors (Lipinski definition) is 0. The van der Waals surface area contributed by atoms with E-state index >= 15 is 0 Å². The summed E-state index contributed by atoms with van der Waals surface area (Å²) >= 11 is 12.0. The highest BCUT2D eigenvalue weighted by atomic mass is 35.5. The Hall–Kier alpha value is -0.790. The van der Waals surface area contributed by atoms with Gasteiger partial charge in [-0.25, -0.2) is 4.98 Å². The maximum Gasteiger partial charge on any atom is 0.133 e. The van der Waals surface area contributed by atoms with Gasteiger partial charge in [0.25, 0.3) is 0 Å². The molecular weight excluding hydrogens is 229 g/mol. The van der Waals surface area contributed by atoms with Crippen LogP contribution in [0.4, 0.5) is 0 Å². The zero-order chi connectivity index (χ0) is 11.0. The highest BCUT2D eigenvalue weighted by Gasteiger charge is 2.08. The average Bonchev–Trinajstić information content (AvgIpc) is 2.17. The van der Waals surface area contributed by atoms with Crippen LogP contribution in [0.1, 0.15) is 25.3 Å². The fraction of sp³-hybridized carbons (Fsp3) is 0.250. The number of pyridine rings is 1. The SMILES string of the molecule is CC(C)c1cc2cc(Cl)ccc2nc1Cl. The van der Waals surface area contributed by atoms with Gasteiger partial charge in [-0.1, -0.05) is 37.0 Å². The van der Waals surface area contributed by atoms with Crippen molar-refractivity contribution >= 4 is 34.1 Å². The molecule has 1 nitrogen and oxygen atoms in total. The maximum absolute atomic E-state index is 6.09. The van der Waals surface area contributed by atoms with Crippen LogP contribution in [-0.4, -0.2) is 4.98 Å². The van der Waals surface area contributed by atoms with E-state index in [0.29, 0.717) is 11.1 Å². The van der Waals surface area contributed by atoms with Crippen LogP contribution in [0.5, 0.6) is 0 Å². The summed E-state index contributed by atoms with van der Waals surface area (Å²) in [6.45, 7) is 4.19. The van der Waals surface area contributed by atoms with Gasteiger partial charge in [-0.2, -0.15) is 0 Å². The topological polar surface area (TPSA) is 12.9 Å². The van der Waals surface area contributed by atoms with Gasteiger partial charge in [0.15, 0.2) is 0 Å². The molecule has 0 aliphatic heterocycles. The van der Waals surface area contributed by atoms with Crippen LogP contribution in [0.15, 0.2) is 24.3 Å². The van der Waals surface area contributed by atoms with E-state index in [9.17, 15) is 0 Å². The normalized spacial score (nSPS) is 11.3. The average molecular weight is 240 g/mol. The van der Waals surface area contributed by atoms with E-state index < -0.39 is 0 Å². The maximum atomic E-state index is 6.09. The van der Waals surface area contributed by atoms with Crippen molar-refractivity contribution in [2.75, 3.05) is 0 Å². The summed E-state index contributed by atoms with van der Waals surface area (Å²) in [7, 11) is 0. The van der Waals surface area contributed by atoms with E-state index in [1.54, 1.807) is 0 Å². The summed E-state index contributed by atoms with van der Waals surface area (Å²) in [6.07, 6.45) is 0. The number of fused-ring (bicyclic) bond motifs is 1. The minimum absolute atomic E-state index is 0.369. The van der Waals surface area contributed by atoms with Gasteiger partial charge in [-0.05, 0) is 35.7 Å². The molecule has 15 heavy (non-hydrogen) atoms. The number of benzene rings is 1. The van der Waals surface area contributed by atoms with Crippen molar-refractivity contribution in [2.45, 2.75) is 19.8 Å². The molecule has 0 amide bonds. The molecule has 0 unspecified atom stereocenters. The Morgan fingerprint density at radius 1 is 1.13 bits per heavy atom. The summed E-state index contributed by atoms with van der Waals surface area (Å²) in [5.41, 5.74) is 1.94. The van der Waals surface area contributed by atoms with E-state index in [0.717, 1.165) is 21.5 Å². The third kappa shape index (κ3) is 2.09. The van der Waals surface area contributed by atoms with Crippen LogP contribution >= 0.6 is 23.2 Å². The van der Waals surface area contributed by atoms with Crippen LogP contribution in [-0.2, 0) is 0 Å². The molecule has 0 atom stereocenters. The zero-order valence-corrected chi connectivity index (χ0v) is 10.1. The summed E-state index contributed by atoms with van der Waals surface area (Å²) < 4.78 is 0. The Labute approximate surface area is 99.0 Å². The molecule has 1 aromatic heterocycles. The summed E-state index contributed by atoms with van der Waals surface area (Å²) in [5.74, 6) is 0.369. The molecule has 0 fully saturated rings. The third-order valence-corrected chi connectivity index (χ3v) is 2.92. The standard InChI is InChI=1S/C12H11Cl2N/c1-7(2)10-6-8-5-9(13)3-4-11(8)15-12(10)14/h3-7H,1-2H3. The molecule has 2 rings (SSSR count). The highest BCUT2D eigenvalue weighted by Crippen LogP contribution is 2.27. The van der Waals surface area contributed by atoms with Crippen LogP contribution in [0.25, 0.3) is 10.9 Å². The molecular formula is C12H11Cl2N. The lowest BCUT2D eigenvalue weighted by Gasteiger charge is -2.09. The van der Waals surface area contributed by atoms with Crippen molar-refractivity contribution in [1.82, 2.24) is 4.98 Å². The van der Waals surface area contributed by atoms with Gasteiger partial charge in [-0.3, -0.25) is 0 Å². The molecule has 0 saturated carbocycles. The monoisotopic (exact) mass is 239 g/mol. The lowest BCUT2D eigenvalue weighted by molar-refractivity contribution is 0.862. The van der Waals surface area contributed by atoms with E-state index in [4.69, 9.17) is 23.2 Å². The van der Waals surface area contributed by atoms with Gasteiger partial charge in [0, 0.05) is 10.4 Å². The van der Waals surface area contributed by atoms with Crippen molar-refractivity contribution in [2.24, 2.45) is 0 Å². The number of hydrogen-bond acceptors (Lipinski definition) is 1. The molecule has 0 spiro atoms. The Morgan fingerprint density at radius 2 is 1.87 bits per heavy atom. The minimum atomic E-state index is 0.369. The Kier molecular flexibility index (Phi) is 2.85.